The normalized spacial score (nSPS) is 13.0. The molecule has 0 aliphatic heterocycles. The van der Waals surface area contributed by atoms with Crippen molar-refractivity contribution in [2.75, 3.05) is 14.2 Å². The molecule has 4 rings (SSSR count). The standard InChI is InChI=1S/C24H24F3N3O3/c1-29(14-15-7-12-20(33-24(26)27)21(13-15)32-2)23(31)22-18-5-3-4-6-19(18)30(28-22)17-10-8-16(25)9-11-17/h7-13,24H,3-6,14H2,1-2H3. The number of carbonyl (C=O) groups excluding carboxylic acids is 1. The zero-order valence-electron chi connectivity index (χ0n) is 18.4. The molecule has 3 aromatic rings. The Morgan fingerprint density at radius 3 is 2.55 bits per heavy atom. The number of benzene rings is 2. The zero-order valence-corrected chi connectivity index (χ0v) is 18.4. The maximum Gasteiger partial charge on any atom is 0.387 e. The summed E-state index contributed by atoms with van der Waals surface area (Å²) in [7, 11) is 3.02. The average Bonchev–Trinajstić information content (AvgIpc) is 3.19. The molecule has 1 aromatic heterocycles. The van der Waals surface area contributed by atoms with Crippen LogP contribution >= 0.6 is 0 Å². The molecule has 6 nitrogen and oxygen atoms in total. The topological polar surface area (TPSA) is 56.6 Å². The first-order valence-corrected chi connectivity index (χ1v) is 10.6. The van der Waals surface area contributed by atoms with Gasteiger partial charge in [0.25, 0.3) is 5.91 Å². The second-order valence-corrected chi connectivity index (χ2v) is 7.89. The number of alkyl halides is 2. The number of hydrogen-bond acceptors (Lipinski definition) is 4. The quantitative estimate of drug-likeness (QED) is 0.511. The lowest BCUT2D eigenvalue weighted by molar-refractivity contribution is -0.0512. The third kappa shape index (κ3) is 4.81. The van der Waals surface area contributed by atoms with E-state index in [1.165, 1.54) is 30.2 Å². The van der Waals surface area contributed by atoms with Crippen LogP contribution in [0.1, 0.15) is 40.2 Å². The van der Waals surface area contributed by atoms with Crippen molar-refractivity contribution in [3.63, 3.8) is 0 Å². The molecule has 0 saturated heterocycles. The first kappa shape index (κ1) is 22.7. The van der Waals surface area contributed by atoms with Gasteiger partial charge >= 0.3 is 6.61 Å². The molecule has 9 heteroatoms. The molecule has 0 N–H and O–H groups in total. The van der Waals surface area contributed by atoms with E-state index in [-0.39, 0.29) is 29.8 Å². The maximum atomic E-state index is 13.4. The number of nitrogens with zero attached hydrogens (tertiary/aromatic N) is 3. The largest absolute Gasteiger partial charge is 0.493 e. The number of ether oxygens (including phenoxy) is 2. The zero-order chi connectivity index (χ0) is 23.5. The van der Waals surface area contributed by atoms with Crippen LogP contribution < -0.4 is 9.47 Å². The van der Waals surface area contributed by atoms with Gasteiger partial charge in [0.1, 0.15) is 5.82 Å². The van der Waals surface area contributed by atoms with E-state index < -0.39 is 6.61 Å². The smallest absolute Gasteiger partial charge is 0.387 e. The molecule has 0 unspecified atom stereocenters. The van der Waals surface area contributed by atoms with E-state index in [2.05, 4.69) is 9.84 Å². The molecule has 0 atom stereocenters. The lowest BCUT2D eigenvalue weighted by Crippen LogP contribution is -2.27. The second-order valence-electron chi connectivity index (χ2n) is 7.89. The molecule has 1 aliphatic carbocycles. The van der Waals surface area contributed by atoms with Crippen molar-refractivity contribution in [3.05, 3.63) is 70.8 Å². The average molecular weight is 459 g/mol. The van der Waals surface area contributed by atoms with Gasteiger partial charge in [0.2, 0.25) is 0 Å². The fraction of sp³-hybridized carbons (Fsp3) is 0.333. The Labute approximate surface area is 189 Å². The Balaban J connectivity index is 1.59. The Kier molecular flexibility index (Phi) is 6.57. The molecule has 174 valence electrons. The van der Waals surface area contributed by atoms with Crippen molar-refractivity contribution in [1.29, 1.82) is 0 Å². The Morgan fingerprint density at radius 2 is 1.85 bits per heavy atom. The van der Waals surface area contributed by atoms with E-state index in [1.54, 1.807) is 36.0 Å². The molecule has 1 amide bonds. The summed E-state index contributed by atoms with van der Waals surface area (Å²) >= 11 is 0. The van der Waals surface area contributed by atoms with Gasteiger partial charge in [-0.1, -0.05) is 6.07 Å². The summed E-state index contributed by atoms with van der Waals surface area (Å²) in [6, 6.07) is 10.6. The molecule has 0 bridgehead atoms. The third-order valence-corrected chi connectivity index (χ3v) is 5.66. The fourth-order valence-corrected chi connectivity index (χ4v) is 4.10. The van der Waals surface area contributed by atoms with Gasteiger partial charge in [-0.3, -0.25) is 4.79 Å². The van der Waals surface area contributed by atoms with Gasteiger partial charge in [-0.05, 0) is 67.6 Å². The monoisotopic (exact) mass is 459 g/mol. The van der Waals surface area contributed by atoms with Crippen LogP contribution in [-0.4, -0.2) is 41.4 Å². The van der Waals surface area contributed by atoms with Gasteiger partial charge in [0.15, 0.2) is 17.2 Å². The van der Waals surface area contributed by atoms with Crippen LogP contribution in [0.2, 0.25) is 0 Å². The minimum Gasteiger partial charge on any atom is -0.493 e. The van der Waals surface area contributed by atoms with E-state index in [9.17, 15) is 18.0 Å². The van der Waals surface area contributed by atoms with Crippen molar-refractivity contribution in [2.45, 2.75) is 38.8 Å². The summed E-state index contributed by atoms with van der Waals surface area (Å²) in [6.07, 6.45) is 3.50. The van der Waals surface area contributed by atoms with E-state index >= 15 is 0 Å². The highest BCUT2D eigenvalue weighted by molar-refractivity contribution is 5.94. The minimum absolute atomic E-state index is 0.0719. The highest BCUT2D eigenvalue weighted by Gasteiger charge is 2.27. The van der Waals surface area contributed by atoms with E-state index in [1.807, 2.05) is 0 Å². The van der Waals surface area contributed by atoms with Crippen LogP contribution in [0.3, 0.4) is 0 Å². The lowest BCUT2D eigenvalue weighted by Gasteiger charge is -2.19. The second kappa shape index (κ2) is 9.56. The van der Waals surface area contributed by atoms with E-state index in [4.69, 9.17) is 4.74 Å². The Hall–Kier alpha value is -3.49. The van der Waals surface area contributed by atoms with Gasteiger partial charge in [-0.15, -0.1) is 0 Å². The number of carbonyl (C=O) groups is 1. The molecule has 1 heterocycles. The molecule has 0 fully saturated rings. The van der Waals surface area contributed by atoms with Gasteiger partial charge in [0, 0.05) is 24.8 Å². The molecule has 0 radical (unpaired) electrons. The first-order valence-electron chi connectivity index (χ1n) is 10.6. The fourth-order valence-electron chi connectivity index (χ4n) is 4.10. The van der Waals surface area contributed by atoms with Crippen LogP contribution in [0.4, 0.5) is 13.2 Å². The Bertz CT molecular complexity index is 1150. The summed E-state index contributed by atoms with van der Waals surface area (Å²) in [4.78, 5) is 14.8. The van der Waals surface area contributed by atoms with Crippen LogP contribution in [0.25, 0.3) is 5.69 Å². The molecule has 2 aromatic carbocycles. The highest BCUT2D eigenvalue weighted by atomic mass is 19.3. The first-order chi connectivity index (χ1) is 15.9. The lowest BCUT2D eigenvalue weighted by atomic mass is 9.95. The number of halogens is 3. The van der Waals surface area contributed by atoms with Crippen LogP contribution in [-0.2, 0) is 19.4 Å². The number of fused-ring (bicyclic) bond motifs is 1. The number of amides is 1. The van der Waals surface area contributed by atoms with Crippen molar-refractivity contribution in [2.24, 2.45) is 0 Å². The number of aromatic nitrogens is 2. The van der Waals surface area contributed by atoms with Crippen LogP contribution in [0.5, 0.6) is 11.5 Å². The summed E-state index contributed by atoms with van der Waals surface area (Å²) in [5.41, 5.74) is 3.66. The van der Waals surface area contributed by atoms with Crippen LogP contribution in [0, 0.1) is 5.82 Å². The van der Waals surface area contributed by atoms with E-state index in [0.717, 1.165) is 36.9 Å². The molecule has 33 heavy (non-hydrogen) atoms. The minimum atomic E-state index is -2.96. The highest BCUT2D eigenvalue weighted by Crippen LogP contribution is 2.31. The van der Waals surface area contributed by atoms with Gasteiger partial charge in [0.05, 0.1) is 12.8 Å². The van der Waals surface area contributed by atoms with Crippen molar-refractivity contribution >= 4 is 5.91 Å². The number of hydrogen-bond donors (Lipinski definition) is 0. The van der Waals surface area contributed by atoms with Gasteiger partial charge in [-0.2, -0.15) is 13.9 Å². The molecular formula is C24H24F3N3O3. The molecular weight excluding hydrogens is 435 g/mol. The summed E-state index contributed by atoms with van der Waals surface area (Å²) < 4.78 is 49.8. The summed E-state index contributed by atoms with van der Waals surface area (Å²) in [5.74, 6) is -0.499. The summed E-state index contributed by atoms with van der Waals surface area (Å²) in [6.45, 7) is -2.74. The SMILES string of the molecule is COc1cc(CN(C)C(=O)c2nn(-c3ccc(F)cc3)c3c2CCCC3)ccc1OC(F)F. The van der Waals surface area contributed by atoms with Crippen LogP contribution in [0.15, 0.2) is 42.5 Å². The molecule has 1 aliphatic rings. The van der Waals surface area contributed by atoms with Gasteiger partial charge in [-0.25, -0.2) is 9.07 Å². The van der Waals surface area contributed by atoms with Gasteiger partial charge < -0.3 is 14.4 Å². The van der Waals surface area contributed by atoms with Crippen molar-refractivity contribution in [3.8, 4) is 17.2 Å². The number of rotatable bonds is 7. The predicted molar refractivity (Wildman–Crippen MR) is 116 cm³/mol. The van der Waals surface area contributed by atoms with Crippen molar-refractivity contribution < 1.29 is 27.4 Å². The predicted octanol–water partition coefficient (Wildman–Crippen LogP) is 4.77. The maximum absolute atomic E-state index is 13.4. The van der Waals surface area contributed by atoms with E-state index in [0.29, 0.717) is 16.9 Å². The number of methoxy groups -OCH3 is 1. The third-order valence-electron chi connectivity index (χ3n) is 5.66. The summed E-state index contributed by atoms with van der Waals surface area (Å²) in [5, 5.41) is 4.61. The Morgan fingerprint density at radius 1 is 1.12 bits per heavy atom. The van der Waals surface area contributed by atoms with Crippen molar-refractivity contribution in [1.82, 2.24) is 14.7 Å². The molecule has 0 spiro atoms. The molecule has 0 saturated carbocycles.